The van der Waals surface area contributed by atoms with Crippen LogP contribution in [0.5, 0.6) is 0 Å². The minimum absolute atomic E-state index is 0.180. The number of fused-ring (bicyclic) bond motifs is 2. The van der Waals surface area contributed by atoms with Gasteiger partial charge in [-0.15, -0.1) is 0 Å². The van der Waals surface area contributed by atoms with E-state index >= 15 is 0 Å². The molecule has 0 bridgehead atoms. The number of halogens is 2. The summed E-state index contributed by atoms with van der Waals surface area (Å²) in [7, 11) is 14.3. The van der Waals surface area contributed by atoms with Crippen LogP contribution in [0.3, 0.4) is 0 Å². The molecule has 2 aliphatic rings. The van der Waals surface area contributed by atoms with Crippen molar-refractivity contribution in [3.8, 4) is 0 Å². The van der Waals surface area contributed by atoms with E-state index < -0.39 is 36.6 Å². The molecule has 0 heterocycles. The molecule has 0 aromatic heterocycles. The Morgan fingerprint density at radius 2 is 1.00 bits per heavy atom. The third-order valence-corrected chi connectivity index (χ3v) is 58.6. The molecule has 0 radical (unpaired) electrons. The van der Waals surface area contributed by atoms with Crippen LogP contribution in [-0.2, 0) is 27.1 Å². The van der Waals surface area contributed by atoms with Crippen LogP contribution >= 0.6 is 17.0 Å². The maximum atomic E-state index is 8.46. The second-order valence-electron chi connectivity index (χ2n) is 15.0. The second-order valence-corrected chi connectivity index (χ2v) is 64.7. The van der Waals surface area contributed by atoms with Gasteiger partial charge in [-0.2, -0.15) is 0 Å². The summed E-state index contributed by atoms with van der Waals surface area (Å²) in [4.78, 5) is 0. The van der Waals surface area contributed by atoms with E-state index in [1.807, 2.05) is 0 Å². The number of allylic oxidation sites excluding steroid dienone is 2. The van der Waals surface area contributed by atoms with Crippen LogP contribution < -0.4 is 0 Å². The van der Waals surface area contributed by atoms with Gasteiger partial charge in [0.15, 0.2) is 0 Å². The summed E-state index contributed by atoms with van der Waals surface area (Å²) < 4.78 is 0.360. The molecule has 0 saturated carbocycles. The molecule has 2 aromatic carbocycles. The van der Waals surface area contributed by atoms with Crippen molar-refractivity contribution in [3.05, 3.63) is 79.9 Å². The molecule has 2 aromatic rings. The van der Waals surface area contributed by atoms with Crippen LogP contribution in [0.15, 0.2) is 35.4 Å². The maximum absolute atomic E-state index is 8.46. The first-order valence-corrected chi connectivity index (χ1v) is 37.0. The van der Waals surface area contributed by atoms with E-state index in [0.717, 1.165) is 0 Å². The van der Waals surface area contributed by atoms with Gasteiger partial charge in [0.25, 0.3) is 0 Å². The van der Waals surface area contributed by atoms with E-state index in [0.29, 0.717) is 0 Å². The Balaban J connectivity index is 2.02. The van der Waals surface area contributed by atoms with Crippen molar-refractivity contribution in [2.45, 2.75) is 99.4 Å². The Kier molecular flexibility index (Phi) is 8.23. The first-order chi connectivity index (χ1) is 17.3. The fraction of sp³-hybridized carbons (Fsp3) is 0.500. The molecule has 2 atom stereocenters. The quantitative estimate of drug-likeness (QED) is 0.267. The number of rotatable bonds is 6. The Hall–Kier alpha value is 0.0338. The summed E-state index contributed by atoms with van der Waals surface area (Å²) in [5.41, 5.74) is 13.4. The molecule has 0 fully saturated rings. The molecule has 38 heavy (non-hydrogen) atoms. The summed E-state index contributed by atoms with van der Waals surface area (Å²) in [5.74, 6) is 0. The van der Waals surface area contributed by atoms with Crippen LogP contribution in [-0.4, -0.2) is 21.6 Å². The molecule has 4 rings (SSSR count). The van der Waals surface area contributed by atoms with E-state index in [1.165, 1.54) is 67.7 Å². The Bertz CT molecular complexity index is 1360. The standard InChI is InChI=1S/2C15H21Si.C2H6Si.2ClH.Zr/c2*1-11-8-14-12(2)6-7-13(15(14)9-11)10-16(3,4)5;1-3-2;;;/h2*6-9H,10H2,1-5H3;1-2H3;2*1H;/q;;;;;+2/p-2. The predicted molar refractivity (Wildman–Crippen MR) is 178 cm³/mol. The van der Waals surface area contributed by atoms with E-state index in [4.69, 9.17) is 17.0 Å². The fourth-order valence-corrected chi connectivity index (χ4v) is 40.8. The molecule has 0 spiro atoms. The third-order valence-electron chi connectivity index (χ3n) is 8.88. The summed E-state index contributed by atoms with van der Waals surface area (Å²) in [6, 6.07) is 11.9. The van der Waals surface area contributed by atoms with Crippen molar-refractivity contribution < 1.29 is 15.0 Å². The predicted octanol–water partition coefficient (Wildman–Crippen LogP) is 11.0. The summed E-state index contributed by atoms with van der Waals surface area (Å²) in [5, 5.41) is 0. The molecular formula is C32H48Cl2Si3Zr. The van der Waals surface area contributed by atoms with Gasteiger partial charge in [-0.05, 0) is 0 Å². The summed E-state index contributed by atoms with van der Waals surface area (Å²) in [6.07, 6.45) is 4.96. The zero-order chi connectivity index (χ0) is 28.6. The van der Waals surface area contributed by atoms with Crippen molar-refractivity contribution >= 4 is 50.8 Å². The SMILES string of the molecule is CC1=Cc2c(C[Si](C)(C)C)ccc(C)c2[CH]1[Zr]([Cl])([Cl])([CH]1C(C)=Cc2c(C[Si](C)(C)C)ccc(C)c21)=[Si](C)C. The van der Waals surface area contributed by atoms with Crippen molar-refractivity contribution in [2.75, 3.05) is 0 Å². The number of hydrogen-bond donors (Lipinski definition) is 0. The first kappa shape index (κ1) is 31.0. The average molecular weight is 679 g/mol. The van der Waals surface area contributed by atoms with Crippen LogP contribution in [0.4, 0.5) is 0 Å². The topological polar surface area (TPSA) is 0 Å². The van der Waals surface area contributed by atoms with Gasteiger partial charge in [-0.25, -0.2) is 0 Å². The Labute approximate surface area is 243 Å². The van der Waals surface area contributed by atoms with Crippen LogP contribution in [0.1, 0.15) is 65.6 Å². The normalized spacial score (nSPS) is 19.8. The summed E-state index contributed by atoms with van der Waals surface area (Å²) in [6.45, 7) is 28.9. The van der Waals surface area contributed by atoms with Gasteiger partial charge in [0.05, 0.1) is 0 Å². The molecule has 0 saturated heterocycles. The van der Waals surface area contributed by atoms with Gasteiger partial charge in [-0.3, -0.25) is 0 Å². The van der Waals surface area contributed by atoms with Gasteiger partial charge in [0.1, 0.15) is 0 Å². The molecule has 6 heteroatoms. The Morgan fingerprint density at radius 3 is 1.29 bits per heavy atom. The molecule has 2 unspecified atom stereocenters. The van der Waals surface area contributed by atoms with Gasteiger partial charge in [0, 0.05) is 0 Å². The first-order valence-electron chi connectivity index (χ1n) is 14.3. The number of hydrogen-bond acceptors (Lipinski definition) is 0. The van der Waals surface area contributed by atoms with Crippen molar-refractivity contribution in [3.63, 3.8) is 0 Å². The molecule has 0 aliphatic heterocycles. The van der Waals surface area contributed by atoms with Gasteiger partial charge in [-0.1, -0.05) is 0 Å². The molecule has 0 nitrogen and oxygen atoms in total. The third kappa shape index (κ3) is 5.22. The Morgan fingerprint density at radius 1 is 0.658 bits per heavy atom. The van der Waals surface area contributed by atoms with E-state index in [-0.39, 0.29) is 7.25 Å². The van der Waals surface area contributed by atoms with Crippen molar-refractivity contribution in [1.29, 1.82) is 0 Å². The summed E-state index contributed by atoms with van der Waals surface area (Å²) >= 11 is -4.64. The van der Waals surface area contributed by atoms with Crippen molar-refractivity contribution in [2.24, 2.45) is 0 Å². The molecule has 206 valence electrons. The van der Waals surface area contributed by atoms with E-state index in [2.05, 4.69) is 116 Å². The zero-order valence-electron chi connectivity index (χ0n) is 25.8. The zero-order valence-corrected chi connectivity index (χ0v) is 32.8. The van der Waals surface area contributed by atoms with E-state index in [1.54, 1.807) is 0 Å². The van der Waals surface area contributed by atoms with Gasteiger partial charge in [0.2, 0.25) is 0 Å². The van der Waals surface area contributed by atoms with Crippen LogP contribution in [0, 0.1) is 13.8 Å². The van der Waals surface area contributed by atoms with E-state index in [9.17, 15) is 0 Å². The second kappa shape index (κ2) is 10.1. The molecule has 2 aliphatic carbocycles. The number of aryl methyl sites for hydroxylation is 2. The van der Waals surface area contributed by atoms with Gasteiger partial charge < -0.3 is 0 Å². The molecule has 0 amide bonds. The fourth-order valence-electron chi connectivity index (χ4n) is 7.32. The van der Waals surface area contributed by atoms with Gasteiger partial charge >= 0.3 is 245 Å². The van der Waals surface area contributed by atoms with Crippen LogP contribution in [0.25, 0.3) is 12.2 Å². The van der Waals surface area contributed by atoms with Crippen LogP contribution in [0.2, 0.25) is 52.4 Å². The average Bonchev–Trinajstić information content (AvgIpc) is 3.30. The minimum atomic E-state index is -4.64. The monoisotopic (exact) mass is 676 g/mol. The molecule has 0 N–H and O–H groups in total. The number of benzene rings is 2. The van der Waals surface area contributed by atoms with Crippen molar-refractivity contribution in [1.82, 2.24) is 0 Å². The molecular weight excluding hydrogens is 631 g/mol.